The van der Waals surface area contributed by atoms with Gasteiger partial charge in [0.05, 0.1) is 12.3 Å². The van der Waals surface area contributed by atoms with Crippen LogP contribution in [0.4, 0.5) is 0 Å². The predicted molar refractivity (Wildman–Crippen MR) is 50.2 cm³/mol. The summed E-state index contributed by atoms with van der Waals surface area (Å²) < 4.78 is 1.63. The highest BCUT2D eigenvalue weighted by Gasteiger charge is 2.11. The molecule has 2 rings (SSSR count). The molecule has 0 fully saturated rings. The van der Waals surface area contributed by atoms with Crippen LogP contribution >= 0.6 is 0 Å². The van der Waals surface area contributed by atoms with Crippen molar-refractivity contribution >= 4 is 0 Å². The molecule has 14 heavy (non-hydrogen) atoms. The van der Waals surface area contributed by atoms with Gasteiger partial charge in [0.2, 0.25) is 0 Å². The summed E-state index contributed by atoms with van der Waals surface area (Å²) in [4.78, 5) is 4.01. The fourth-order valence-corrected chi connectivity index (χ4v) is 1.36. The van der Waals surface area contributed by atoms with Crippen molar-refractivity contribution in [1.82, 2.24) is 20.0 Å². The maximum atomic E-state index is 9.06. The first-order valence-electron chi connectivity index (χ1n) is 4.22. The standard InChI is InChI=1S/C9H10N4O/c1-13-9(8(6-14)11-12-13)7-3-2-4-10-5-7/h2-5,14H,6H2,1H3. The Bertz CT molecular complexity index is 424. The number of aromatic nitrogens is 4. The maximum Gasteiger partial charge on any atom is 0.116 e. The van der Waals surface area contributed by atoms with Crippen molar-refractivity contribution in [3.63, 3.8) is 0 Å². The van der Waals surface area contributed by atoms with Crippen LogP contribution in [0.2, 0.25) is 0 Å². The fraction of sp³-hybridized carbons (Fsp3) is 0.222. The van der Waals surface area contributed by atoms with Crippen LogP contribution in [-0.4, -0.2) is 25.1 Å². The zero-order valence-electron chi connectivity index (χ0n) is 7.75. The smallest absolute Gasteiger partial charge is 0.116 e. The maximum absolute atomic E-state index is 9.06. The third-order valence-corrected chi connectivity index (χ3v) is 1.98. The molecule has 0 saturated heterocycles. The Labute approximate surface area is 81.0 Å². The third kappa shape index (κ3) is 1.38. The molecule has 0 aliphatic carbocycles. The zero-order valence-corrected chi connectivity index (χ0v) is 7.75. The second-order valence-electron chi connectivity index (χ2n) is 2.91. The van der Waals surface area contributed by atoms with Crippen molar-refractivity contribution < 1.29 is 5.11 Å². The van der Waals surface area contributed by atoms with Crippen molar-refractivity contribution in [2.75, 3.05) is 0 Å². The van der Waals surface area contributed by atoms with E-state index in [-0.39, 0.29) is 6.61 Å². The molecule has 0 aliphatic rings. The van der Waals surface area contributed by atoms with Gasteiger partial charge in [0.15, 0.2) is 0 Å². The number of hydrogen-bond donors (Lipinski definition) is 1. The molecule has 1 N–H and O–H groups in total. The van der Waals surface area contributed by atoms with Gasteiger partial charge in [-0.05, 0) is 12.1 Å². The molecule has 0 unspecified atom stereocenters. The number of aliphatic hydroxyl groups excluding tert-OH is 1. The highest BCUT2D eigenvalue weighted by atomic mass is 16.3. The molecule has 0 atom stereocenters. The summed E-state index contributed by atoms with van der Waals surface area (Å²) in [6, 6.07) is 3.74. The van der Waals surface area contributed by atoms with E-state index in [9.17, 15) is 0 Å². The normalized spacial score (nSPS) is 10.4. The second-order valence-corrected chi connectivity index (χ2v) is 2.91. The number of aliphatic hydroxyl groups is 1. The molecule has 0 saturated carbocycles. The summed E-state index contributed by atoms with van der Waals surface area (Å²) in [5.74, 6) is 0. The largest absolute Gasteiger partial charge is 0.390 e. The Balaban J connectivity index is 2.55. The molecule has 0 aromatic carbocycles. The van der Waals surface area contributed by atoms with Gasteiger partial charge in [-0.2, -0.15) is 0 Å². The van der Waals surface area contributed by atoms with Crippen LogP contribution in [0.1, 0.15) is 5.69 Å². The first-order valence-corrected chi connectivity index (χ1v) is 4.22. The van der Waals surface area contributed by atoms with Gasteiger partial charge >= 0.3 is 0 Å². The second kappa shape index (κ2) is 3.55. The lowest BCUT2D eigenvalue weighted by Crippen LogP contribution is -1.95. The van der Waals surface area contributed by atoms with Gasteiger partial charge in [0.25, 0.3) is 0 Å². The minimum atomic E-state index is -0.113. The van der Waals surface area contributed by atoms with Crippen LogP contribution in [-0.2, 0) is 13.7 Å². The molecule has 2 aromatic rings. The van der Waals surface area contributed by atoms with Crippen LogP contribution in [0, 0.1) is 0 Å². The van der Waals surface area contributed by atoms with Crippen molar-refractivity contribution in [3.8, 4) is 11.3 Å². The first kappa shape index (κ1) is 8.83. The topological polar surface area (TPSA) is 63.8 Å². The Morgan fingerprint density at radius 2 is 2.36 bits per heavy atom. The Morgan fingerprint density at radius 1 is 1.50 bits per heavy atom. The molecule has 0 radical (unpaired) electrons. The minimum Gasteiger partial charge on any atom is -0.390 e. The van der Waals surface area contributed by atoms with E-state index >= 15 is 0 Å². The highest BCUT2D eigenvalue weighted by molar-refractivity contribution is 5.60. The summed E-state index contributed by atoms with van der Waals surface area (Å²) in [6.45, 7) is -0.113. The van der Waals surface area contributed by atoms with E-state index in [1.807, 2.05) is 12.1 Å². The van der Waals surface area contributed by atoms with E-state index in [2.05, 4.69) is 15.3 Å². The summed E-state index contributed by atoms with van der Waals surface area (Å²) in [6.07, 6.45) is 3.42. The molecule has 0 amide bonds. The molecule has 0 aliphatic heterocycles. The Morgan fingerprint density at radius 3 is 3.00 bits per heavy atom. The summed E-state index contributed by atoms with van der Waals surface area (Å²) in [5.41, 5.74) is 2.28. The van der Waals surface area contributed by atoms with Crippen LogP contribution in [0.15, 0.2) is 24.5 Å². The summed E-state index contributed by atoms with van der Waals surface area (Å²) in [7, 11) is 1.79. The van der Waals surface area contributed by atoms with E-state index in [1.54, 1.807) is 24.1 Å². The van der Waals surface area contributed by atoms with E-state index in [1.165, 1.54) is 0 Å². The van der Waals surface area contributed by atoms with Gasteiger partial charge in [-0.25, -0.2) is 4.68 Å². The summed E-state index contributed by atoms with van der Waals surface area (Å²) >= 11 is 0. The molecular weight excluding hydrogens is 180 g/mol. The molecule has 0 bridgehead atoms. The van der Waals surface area contributed by atoms with Crippen molar-refractivity contribution in [2.24, 2.45) is 7.05 Å². The fourth-order valence-electron chi connectivity index (χ4n) is 1.36. The van der Waals surface area contributed by atoms with E-state index in [0.717, 1.165) is 11.3 Å². The van der Waals surface area contributed by atoms with Gasteiger partial charge < -0.3 is 5.11 Å². The van der Waals surface area contributed by atoms with Crippen LogP contribution in [0.5, 0.6) is 0 Å². The van der Waals surface area contributed by atoms with E-state index < -0.39 is 0 Å². The quantitative estimate of drug-likeness (QED) is 0.743. The number of hydrogen-bond acceptors (Lipinski definition) is 4. The van der Waals surface area contributed by atoms with Gasteiger partial charge in [-0.15, -0.1) is 5.10 Å². The Kier molecular flexibility index (Phi) is 2.24. The molecule has 5 nitrogen and oxygen atoms in total. The third-order valence-electron chi connectivity index (χ3n) is 1.98. The lowest BCUT2D eigenvalue weighted by atomic mass is 10.2. The first-order chi connectivity index (χ1) is 6.83. The molecular formula is C9H10N4O. The van der Waals surface area contributed by atoms with Crippen molar-refractivity contribution in [3.05, 3.63) is 30.2 Å². The number of pyridine rings is 1. The minimum absolute atomic E-state index is 0.113. The molecule has 0 spiro atoms. The molecule has 2 aromatic heterocycles. The van der Waals surface area contributed by atoms with Gasteiger partial charge in [0.1, 0.15) is 5.69 Å². The monoisotopic (exact) mass is 190 g/mol. The summed E-state index contributed by atoms with van der Waals surface area (Å²) in [5, 5.41) is 16.7. The predicted octanol–water partition coefficient (Wildman–Crippen LogP) is 0.369. The van der Waals surface area contributed by atoms with E-state index in [4.69, 9.17) is 5.11 Å². The van der Waals surface area contributed by atoms with Crippen molar-refractivity contribution in [2.45, 2.75) is 6.61 Å². The lowest BCUT2D eigenvalue weighted by Gasteiger charge is -2.01. The number of rotatable bonds is 2. The van der Waals surface area contributed by atoms with E-state index in [0.29, 0.717) is 5.69 Å². The van der Waals surface area contributed by atoms with Gasteiger partial charge in [-0.1, -0.05) is 5.21 Å². The average molecular weight is 190 g/mol. The van der Waals surface area contributed by atoms with Crippen LogP contribution < -0.4 is 0 Å². The Hall–Kier alpha value is -1.75. The highest BCUT2D eigenvalue weighted by Crippen LogP contribution is 2.19. The zero-order chi connectivity index (χ0) is 9.97. The number of aryl methyl sites for hydroxylation is 1. The lowest BCUT2D eigenvalue weighted by molar-refractivity contribution is 0.277. The van der Waals surface area contributed by atoms with Crippen LogP contribution in [0.3, 0.4) is 0 Å². The SMILES string of the molecule is Cn1nnc(CO)c1-c1cccnc1. The van der Waals surface area contributed by atoms with Gasteiger partial charge in [0, 0.05) is 25.0 Å². The number of nitrogens with zero attached hydrogens (tertiary/aromatic N) is 4. The molecule has 5 heteroatoms. The average Bonchev–Trinajstić information content (AvgIpc) is 2.61. The molecule has 72 valence electrons. The van der Waals surface area contributed by atoms with Gasteiger partial charge in [-0.3, -0.25) is 4.98 Å². The molecule has 2 heterocycles. The van der Waals surface area contributed by atoms with Crippen molar-refractivity contribution in [1.29, 1.82) is 0 Å². The van der Waals surface area contributed by atoms with Crippen LogP contribution in [0.25, 0.3) is 11.3 Å².